The molecule has 3 aromatic rings. The number of nitrogens with two attached hydrogens (primary N) is 1. The van der Waals surface area contributed by atoms with Crippen molar-refractivity contribution in [3.05, 3.63) is 65.6 Å². The van der Waals surface area contributed by atoms with Gasteiger partial charge in [-0.15, -0.1) is 11.8 Å². The normalized spacial score (nSPS) is 14.8. The molecule has 5 N–H and O–H groups in total. The summed E-state index contributed by atoms with van der Waals surface area (Å²) < 4.78 is 33.5. The number of hydrogen-bond donors (Lipinski definition) is 4. The molecule has 12 heteroatoms. The van der Waals surface area contributed by atoms with Crippen LogP contribution in [-0.4, -0.2) is 59.2 Å². The number of carbonyl (C=O) groups excluding carboxylic acids is 1. The molecular formula is C29H34F2N6O3S. The van der Waals surface area contributed by atoms with E-state index in [2.05, 4.69) is 27.1 Å². The summed E-state index contributed by atoms with van der Waals surface area (Å²) in [6.07, 6.45) is 4.99. The van der Waals surface area contributed by atoms with E-state index in [1.807, 2.05) is 6.07 Å². The van der Waals surface area contributed by atoms with Gasteiger partial charge in [-0.2, -0.15) is 0 Å². The number of thioether (sulfide) groups is 1. The first-order chi connectivity index (χ1) is 19.8. The second kappa shape index (κ2) is 14.2. The SMILES string of the molecule is CCCCN1CCSc2c(-c3ncco3)cc(C(=O)NC(Cc3cc(F)cc(F)c3)C(O)CCC(N)=NC=N)cc21. The van der Waals surface area contributed by atoms with Crippen molar-refractivity contribution < 1.29 is 23.1 Å². The molecule has 1 aliphatic rings. The monoisotopic (exact) mass is 584 g/mol. The Bertz CT molecular complexity index is 1360. The van der Waals surface area contributed by atoms with E-state index in [9.17, 15) is 18.7 Å². The van der Waals surface area contributed by atoms with E-state index in [0.717, 1.165) is 54.7 Å². The lowest BCUT2D eigenvalue weighted by atomic mass is 9.97. The van der Waals surface area contributed by atoms with E-state index in [-0.39, 0.29) is 30.7 Å². The van der Waals surface area contributed by atoms with Crippen LogP contribution in [-0.2, 0) is 6.42 Å². The molecule has 0 spiro atoms. The molecule has 0 aliphatic carbocycles. The van der Waals surface area contributed by atoms with Gasteiger partial charge < -0.3 is 25.5 Å². The number of aromatic nitrogens is 1. The van der Waals surface area contributed by atoms with E-state index < -0.39 is 29.7 Å². The first-order valence-electron chi connectivity index (χ1n) is 13.5. The van der Waals surface area contributed by atoms with Gasteiger partial charge in [0.25, 0.3) is 5.91 Å². The lowest BCUT2D eigenvalue weighted by Gasteiger charge is -2.32. The zero-order chi connectivity index (χ0) is 29.4. The number of carbonyl (C=O) groups is 1. The first kappa shape index (κ1) is 30.2. The highest BCUT2D eigenvalue weighted by atomic mass is 32.2. The molecule has 4 rings (SSSR count). The van der Waals surface area contributed by atoms with E-state index in [1.54, 1.807) is 24.0 Å². The number of benzene rings is 2. The van der Waals surface area contributed by atoms with Crippen molar-refractivity contribution in [2.75, 3.05) is 23.7 Å². The molecule has 41 heavy (non-hydrogen) atoms. The van der Waals surface area contributed by atoms with Crippen molar-refractivity contribution in [2.24, 2.45) is 10.7 Å². The number of hydrogen-bond acceptors (Lipinski definition) is 7. The van der Waals surface area contributed by atoms with Gasteiger partial charge in [0.05, 0.1) is 29.6 Å². The van der Waals surface area contributed by atoms with Crippen LogP contribution in [0.15, 0.2) is 57.1 Å². The fourth-order valence-corrected chi connectivity index (χ4v) is 5.92. The zero-order valence-electron chi connectivity index (χ0n) is 22.8. The minimum Gasteiger partial charge on any atom is -0.444 e. The Labute approximate surface area is 241 Å². The van der Waals surface area contributed by atoms with Crippen LogP contribution < -0.4 is 16.0 Å². The Balaban J connectivity index is 1.66. The molecule has 2 heterocycles. The number of nitrogens with zero attached hydrogens (tertiary/aromatic N) is 3. The van der Waals surface area contributed by atoms with E-state index >= 15 is 0 Å². The zero-order valence-corrected chi connectivity index (χ0v) is 23.6. The fourth-order valence-electron chi connectivity index (χ4n) is 4.77. The average Bonchev–Trinajstić information content (AvgIpc) is 3.48. The van der Waals surface area contributed by atoms with Gasteiger partial charge in [-0.25, -0.2) is 18.8 Å². The number of oxazole rings is 1. The van der Waals surface area contributed by atoms with Crippen LogP contribution in [0.25, 0.3) is 11.5 Å². The number of rotatable bonds is 13. The third-order valence-electron chi connectivity index (χ3n) is 6.81. The summed E-state index contributed by atoms with van der Waals surface area (Å²) in [6, 6.07) is 5.75. The second-order valence-electron chi connectivity index (χ2n) is 9.82. The molecule has 0 radical (unpaired) electrons. The minimum atomic E-state index is -1.12. The van der Waals surface area contributed by atoms with Crippen molar-refractivity contribution in [2.45, 2.75) is 56.1 Å². The molecule has 2 aromatic carbocycles. The molecule has 1 aliphatic heterocycles. The van der Waals surface area contributed by atoms with Crippen LogP contribution in [0.3, 0.4) is 0 Å². The van der Waals surface area contributed by atoms with Gasteiger partial charge in [-0.3, -0.25) is 10.2 Å². The van der Waals surface area contributed by atoms with Crippen molar-refractivity contribution in [3.8, 4) is 11.5 Å². The fraction of sp³-hybridized carbons (Fsp3) is 0.379. The Kier molecular flexibility index (Phi) is 10.5. The smallest absolute Gasteiger partial charge is 0.251 e. The molecule has 0 saturated heterocycles. The summed E-state index contributed by atoms with van der Waals surface area (Å²) in [6.45, 7) is 3.80. The maximum absolute atomic E-state index is 13.9. The third kappa shape index (κ3) is 7.92. The van der Waals surface area contributed by atoms with Gasteiger partial charge in [-0.1, -0.05) is 13.3 Å². The number of unbranched alkanes of at least 4 members (excludes halogenated alkanes) is 1. The van der Waals surface area contributed by atoms with Gasteiger partial charge in [0.1, 0.15) is 30.1 Å². The number of aliphatic imine (C=N–C) groups is 1. The molecule has 0 saturated carbocycles. The van der Waals surface area contributed by atoms with Crippen LogP contribution in [0.2, 0.25) is 0 Å². The van der Waals surface area contributed by atoms with Gasteiger partial charge in [0, 0.05) is 41.8 Å². The Hall–Kier alpha value is -3.77. The molecule has 1 aromatic heterocycles. The first-order valence-corrected chi connectivity index (χ1v) is 14.5. The maximum atomic E-state index is 13.9. The van der Waals surface area contributed by atoms with E-state index in [1.165, 1.54) is 18.4 Å². The number of amidine groups is 1. The number of anilines is 1. The number of amides is 1. The van der Waals surface area contributed by atoms with E-state index in [4.69, 9.17) is 15.6 Å². The highest BCUT2D eigenvalue weighted by Gasteiger charge is 2.28. The lowest BCUT2D eigenvalue weighted by molar-refractivity contribution is 0.0818. The van der Waals surface area contributed by atoms with Crippen molar-refractivity contribution in [1.82, 2.24) is 10.3 Å². The van der Waals surface area contributed by atoms with Gasteiger partial charge in [0.2, 0.25) is 5.89 Å². The maximum Gasteiger partial charge on any atom is 0.251 e. The number of aliphatic hydroxyl groups is 1. The summed E-state index contributed by atoms with van der Waals surface area (Å²) in [7, 11) is 0. The van der Waals surface area contributed by atoms with Crippen molar-refractivity contribution >= 4 is 35.5 Å². The lowest BCUT2D eigenvalue weighted by Crippen LogP contribution is -2.45. The number of nitrogens with one attached hydrogen (secondary N) is 2. The van der Waals surface area contributed by atoms with Crippen LogP contribution in [0.5, 0.6) is 0 Å². The van der Waals surface area contributed by atoms with Crippen molar-refractivity contribution in [1.29, 1.82) is 5.41 Å². The van der Waals surface area contributed by atoms with Crippen molar-refractivity contribution in [3.63, 3.8) is 0 Å². The summed E-state index contributed by atoms with van der Waals surface area (Å²) >= 11 is 1.68. The molecule has 1 amide bonds. The second-order valence-corrected chi connectivity index (χ2v) is 10.9. The molecular weight excluding hydrogens is 550 g/mol. The molecule has 218 valence electrons. The summed E-state index contributed by atoms with van der Waals surface area (Å²) in [5.41, 5.74) is 8.00. The standard InChI is InChI=1S/C29H34F2N6O3S/c1-2-3-7-37-8-10-41-27-22(29-34-6-9-40-29)14-19(15-24(27)37)28(39)36-23(25(38)4-5-26(33)35-17-32)13-18-11-20(30)16-21(31)12-18/h6,9,11-12,14-17,23,25,38H,2-5,7-8,10,13H2,1H3,(H,36,39)(H3,32,33,35). The number of halogens is 2. The van der Waals surface area contributed by atoms with Crippen LogP contribution in [0.1, 0.15) is 48.5 Å². The molecule has 2 unspecified atom stereocenters. The van der Waals surface area contributed by atoms with Gasteiger partial charge in [-0.05, 0) is 49.1 Å². The molecule has 0 fully saturated rings. The summed E-state index contributed by atoms with van der Waals surface area (Å²) in [4.78, 5) is 25.0. The number of fused-ring (bicyclic) bond motifs is 1. The van der Waals surface area contributed by atoms with Crippen LogP contribution in [0.4, 0.5) is 14.5 Å². The predicted octanol–water partition coefficient (Wildman–Crippen LogP) is 4.78. The average molecular weight is 585 g/mol. The summed E-state index contributed by atoms with van der Waals surface area (Å²) in [5, 5.41) is 21.0. The Morgan fingerprint density at radius 3 is 2.78 bits per heavy atom. The Morgan fingerprint density at radius 2 is 2.10 bits per heavy atom. The highest BCUT2D eigenvalue weighted by molar-refractivity contribution is 7.99. The van der Waals surface area contributed by atoms with Crippen LogP contribution >= 0.6 is 11.8 Å². The molecule has 0 bridgehead atoms. The largest absolute Gasteiger partial charge is 0.444 e. The minimum absolute atomic E-state index is 0.0286. The Morgan fingerprint density at radius 1 is 1.32 bits per heavy atom. The third-order valence-corrected chi connectivity index (χ3v) is 7.91. The highest BCUT2D eigenvalue weighted by Crippen LogP contribution is 2.42. The van der Waals surface area contributed by atoms with Gasteiger partial charge in [0.15, 0.2) is 0 Å². The molecule has 2 atom stereocenters. The van der Waals surface area contributed by atoms with E-state index in [0.29, 0.717) is 17.0 Å². The summed E-state index contributed by atoms with van der Waals surface area (Å²) in [5.74, 6) is -0.536. The quantitative estimate of drug-likeness (QED) is 0.167. The topological polar surface area (TPSA) is 141 Å². The van der Waals surface area contributed by atoms with Gasteiger partial charge >= 0.3 is 0 Å². The predicted molar refractivity (Wildman–Crippen MR) is 157 cm³/mol. The van der Waals surface area contributed by atoms with Crippen LogP contribution in [0, 0.1) is 17.0 Å². The molecule has 9 nitrogen and oxygen atoms in total. The number of aliphatic hydroxyl groups excluding tert-OH is 1.